The molecule has 10 aromatic carbocycles. The summed E-state index contributed by atoms with van der Waals surface area (Å²) >= 11 is 0. The van der Waals surface area contributed by atoms with Gasteiger partial charge < -0.3 is 9.64 Å². The first kappa shape index (κ1) is 37.2. The van der Waals surface area contributed by atoms with E-state index in [0.29, 0.717) is 0 Å². The van der Waals surface area contributed by atoms with E-state index >= 15 is 0 Å². The van der Waals surface area contributed by atoms with E-state index in [1.807, 2.05) is 0 Å². The number of rotatable bonds is 3. The third-order valence-corrected chi connectivity index (χ3v) is 15.1. The summed E-state index contributed by atoms with van der Waals surface area (Å²) in [5.41, 5.74) is 25.2. The first-order chi connectivity index (χ1) is 32.5. The highest BCUT2D eigenvalue weighted by Gasteiger charge is 2.50. The Bertz CT molecular complexity index is 3620. The minimum absolute atomic E-state index is 0.164. The molecule has 0 N–H and O–H groups in total. The number of anilines is 3. The van der Waals surface area contributed by atoms with Crippen LogP contribution in [0, 0.1) is 0 Å². The number of fused-ring (bicyclic) bond motifs is 20. The predicted molar refractivity (Wildman–Crippen MR) is 271 cm³/mol. The Kier molecular flexibility index (Phi) is 7.70. The molecule has 0 bridgehead atoms. The molecule has 0 saturated heterocycles. The molecule has 0 atom stereocenters. The molecule has 10 aromatic rings. The summed E-state index contributed by atoms with van der Waals surface area (Å²) in [5, 5.41) is 0. The van der Waals surface area contributed by atoms with Gasteiger partial charge in [-0.3, -0.25) is 0 Å². The van der Waals surface area contributed by atoms with Crippen LogP contribution in [-0.4, -0.2) is 0 Å². The van der Waals surface area contributed by atoms with Gasteiger partial charge in [0.05, 0.1) is 5.41 Å². The van der Waals surface area contributed by atoms with E-state index in [1.165, 1.54) is 77.9 Å². The van der Waals surface area contributed by atoms with Crippen LogP contribution >= 0.6 is 0 Å². The molecule has 4 aliphatic rings. The first-order valence-corrected chi connectivity index (χ1v) is 23.1. The lowest BCUT2D eigenvalue weighted by atomic mass is 9.66. The molecule has 66 heavy (non-hydrogen) atoms. The number of nitrogens with zero attached hydrogens (tertiary/aromatic N) is 1. The molecule has 14 rings (SSSR count). The molecule has 310 valence electrons. The molecule has 0 aromatic heterocycles. The lowest BCUT2D eigenvalue weighted by Crippen LogP contribution is -2.29. The van der Waals surface area contributed by atoms with Crippen LogP contribution in [0.5, 0.6) is 11.5 Å². The van der Waals surface area contributed by atoms with Gasteiger partial charge >= 0.3 is 0 Å². The van der Waals surface area contributed by atoms with Crippen molar-refractivity contribution in [3.8, 4) is 78.3 Å². The Morgan fingerprint density at radius 1 is 0.273 bits per heavy atom. The Hall–Kier alpha value is -8.20. The molecule has 0 unspecified atom stereocenters. The van der Waals surface area contributed by atoms with Crippen LogP contribution < -0.4 is 9.64 Å². The van der Waals surface area contributed by atoms with Gasteiger partial charge in [-0.1, -0.05) is 190 Å². The van der Waals surface area contributed by atoms with Gasteiger partial charge in [0.25, 0.3) is 0 Å². The van der Waals surface area contributed by atoms with Crippen LogP contribution in [0.15, 0.2) is 224 Å². The first-order valence-electron chi connectivity index (χ1n) is 23.1. The topological polar surface area (TPSA) is 12.5 Å². The quantitative estimate of drug-likeness (QED) is 0.176. The molecule has 1 spiro atoms. The molecule has 3 aliphatic carbocycles. The second kappa shape index (κ2) is 13.7. The minimum atomic E-state index is -0.550. The van der Waals surface area contributed by atoms with E-state index in [4.69, 9.17) is 4.74 Å². The molecule has 1 aliphatic heterocycles. The summed E-state index contributed by atoms with van der Waals surface area (Å²) in [5.74, 6) is 1.72. The molecule has 0 saturated carbocycles. The van der Waals surface area contributed by atoms with E-state index in [2.05, 4.69) is 243 Å². The highest BCUT2D eigenvalue weighted by atomic mass is 16.5. The summed E-state index contributed by atoms with van der Waals surface area (Å²) in [4.78, 5) is 2.48. The third-order valence-electron chi connectivity index (χ3n) is 15.1. The van der Waals surface area contributed by atoms with Crippen molar-refractivity contribution in [2.45, 2.75) is 24.7 Å². The van der Waals surface area contributed by atoms with Gasteiger partial charge in [0.2, 0.25) is 0 Å². The van der Waals surface area contributed by atoms with Crippen molar-refractivity contribution in [3.63, 3.8) is 0 Å². The Balaban J connectivity index is 1.04. The summed E-state index contributed by atoms with van der Waals surface area (Å²) < 4.78 is 6.66. The largest absolute Gasteiger partial charge is 0.456 e. The fourth-order valence-electron chi connectivity index (χ4n) is 12.3. The molecule has 0 radical (unpaired) electrons. The van der Waals surface area contributed by atoms with Crippen LogP contribution in [-0.2, 0) is 10.8 Å². The summed E-state index contributed by atoms with van der Waals surface area (Å²) in [6, 6.07) is 83.5. The zero-order chi connectivity index (χ0) is 43.7. The highest BCUT2D eigenvalue weighted by molar-refractivity contribution is 5.99. The standard InChI is InChI=1S/C64H43NO/c1-63(2)55-25-11-5-21-48(55)50-35-32-42(39-60(50)63)65(40-31-34-45-51-23-9-15-29-61(51)66-62-30-16-10-24-52(62)53(45)37-40)41-33-36-59-54(38-41)49-22-8-14-28-58(49)64(59)56-26-12-6-19-46(56)43-17-3-4-18-44(43)47-20-7-13-27-57(47)64/h3-39H,1-2H3. The summed E-state index contributed by atoms with van der Waals surface area (Å²) in [6.07, 6.45) is 0. The maximum absolute atomic E-state index is 6.66. The van der Waals surface area contributed by atoms with Gasteiger partial charge in [-0.25, -0.2) is 0 Å². The van der Waals surface area contributed by atoms with Gasteiger partial charge in [-0.05, 0) is 138 Å². The monoisotopic (exact) mass is 841 g/mol. The fourth-order valence-corrected chi connectivity index (χ4v) is 12.3. The second-order valence-electron chi connectivity index (χ2n) is 18.7. The van der Waals surface area contributed by atoms with E-state index in [1.54, 1.807) is 0 Å². The van der Waals surface area contributed by atoms with E-state index in [-0.39, 0.29) is 5.41 Å². The van der Waals surface area contributed by atoms with Crippen molar-refractivity contribution < 1.29 is 4.74 Å². The number of hydrogen-bond acceptors (Lipinski definition) is 2. The fraction of sp³-hybridized carbons (Fsp3) is 0.0625. The van der Waals surface area contributed by atoms with Gasteiger partial charge in [0, 0.05) is 33.6 Å². The number of ether oxygens (including phenoxy) is 1. The van der Waals surface area contributed by atoms with Gasteiger partial charge in [-0.15, -0.1) is 0 Å². The van der Waals surface area contributed by atoms with Crippen molar-refractivity contribution in [2.24, 2.45) is 0 Å². The maximum atomic E-state index is 6.66. The SMILES string of the molecule is CC1(C)c2ccccc2-c2ccc(N(c3ccc4c(c3)-c3ccccc3Oc3ccccc3-4)c3ccc4c(c3)-c3ccccc3C43c4ccccc4-c4ccccc4-c4ccccc43)cc21. The average Bonchev–Trinajstić information content (AvgIpc) is 3.67. The Morgan fingerprint density at radius 2 is 0.621 bits per heavy atom. The minimum Gasteiger partial charge on any atom is -0.456 e. The molecule has 2 nitrogen and oxygen atoms in total. The Morgan fingerprint density at radius 3 is 1.20 bits per heavy atom. The molecule has 2 heteroatoms. The van der Waals surface area contributed by atoms with E-state index in [0.717, 1.165) is 50.8 Å². The highest BCUT2D eigenvalue weighted by Crippen LogP contribution is 2.62. The van der Waals surface area contributed by atoms with Crippen molar-refractivity contribution in [1.82, 2.24) is 0 Å². The molecule has 0 fully saturated rings. The van der Waals surface area contributed by atoms with Crippen LogP contribution in [0.4, 0.5) is 17.1 Å². The zero-order valence-corrected chi connectivity index (χ0v) is 36.7. The molecule has 1 heterocycles. The molecular formula is C64H43NO. The zero-order valence-electron chi connectivity index (χ0n) is 36.7. The lowest BCUT2D eigenvalue weighted by Gasteiger charge is -2.35. The third kappa shape index (κ3) is 4.96. The van der Waals surface area contributed by atoms with Crippen LogP contribution in [0.1, 0.15) is 47.2 Å². The summed E-state index contributed by atoms with van der Waals surface area (Å²) in [7, 11) is 0. The van der Waals surface area contributed by atoms with Crippen molar-refractivity contribution in [1.29, 1.82) is 0 Å². The van der Waals surface area contributed by atoms with Gasteiger partial charge in [-0.2, -0.15) is 0 Å². The van der Waals surface area contributed by atoms with Crippen LogP contribution in [0.3, 0.4) is 0 Å². The van der Waals surface area contributed by atoms with Crippen molar-refractivity contribution >= 4 is 17.1 Å². The normalized spacial score (nSPS) is 14.3. The summed E-state index contributed by atoms with van der Waals surface area (Å²) in [6.45, 7) is 4.74. The van der Waals surface area contributed by atoms with Crippen LogP contribution in [0.25, 0.3) is 66.8 Å². The van der Waals surface area contributed by atoms with E-state index in [9.17, 15) is 0 Å². The van der Waals surface area contributed by atoms with Crippen molar-refractivity contribution in [2.75, 3.05) is 4.90 Å². The number of hydrogen-bond donors (Lipinski definition) is 0. The number of para-hydroxylation sites is 2. The Labute approximate surface area is 385 Å². The van der Waals surface area contributed by atoms with Gasteiger partial charge in [0.15, 0.2) is 0 Å². The average molecular weight is 842 g/mol. The molecule has 0 amide bonds. The van der Waals surface area contributed by atoms with Crippen LogP contribution in [0.2, 0.25) is 0 Å². The number of benzene rings is 10. The molecular weight excluding hydrogens is 799 g/mol. The van der Waals surface area contributed by atoms with E-state index < -0.39 is 5.41 Å². The predicted octanol–water partition coefficient (Wildman–Crippen LogP) is 16.9. The lowest BCUT2D eigenvalue weighted by molar-refractivity contribution is 0.488. The second-order valence-corrected chi connectivity index (χ2v) is 18.7. The smallest absolute Gasteiger partial charge is 0.135 e. The van der Waals surface area contributed by atoms with Crippen molar-refractivity contribution in [3.05, 3.63) is 258 Å². The van der Waals surface area contributed by atoms with Gasteiger partial charge in [0.1, 0.15) is 11.5 Å². The maximum Gasteiger partial charge on any atom is 0.135 e.